The predicted molar refractivity (Wildman–Crippen MR) is 87.7 cm³/mol. The van der Waals surface area contributed by atoms with E-state index in [9.17, 15) is 0 Å². The third-order valence-corrected chi connectivity index (χ3v) is 2.90. The summed E-state index contributed by atoms with van der Waals surface area (Å²) in [5, 5.41) is 6.98. The first-order chi connectivity index (χ1) is 10.1. The summed E-state index contributed by atoms with van der Waals surface area (Å²) in [5.41, 5.74) is 1.06. The molecule has 1 aromatic heterocycles. The Hall–Kier alpha value is -1.33. The van der Waals surface area contributed by atoms with E-state index in [2.05, 4.69) is 34.5 Å². The van der Waals surface area contributed by atoms with E-state index in [4.69, 9.17) is 16.3 Å². The third-order valence-electron chi connectivity index (χ3n) is 2.68. The molecule has 1 aromatic rings. The second-order valence-electron chi connectivity index (χ2n) is 5.16. The molecule has 0 saturated heterocycles. The molecule has 21 heavy (non-hydrogen) atoms. The van der Waals surface area contributed by atoms with Crippen molar-refractivity contribution < 1.29 is 4.74 Å². The summed E-state index contributed by atoms with van der Waals surface area (Å²) in [7, 11) is 1.75. The van der Waals surface area contributed by atoms with Crippen molar-refractivity contribution in [1.82, 2.24) is 15.6 Å². The van der Waals surface area contributed by atoms with Gasteiger partial charge in [0.15, 0.2) is 5.96 Å². The summed E-state index contributed by atoms with van der Waals surface area (Å²) >= 11 is 5.75. The molecular weight excluding hydrogens is 288 g/mol. The summed E-state index contributed by atoms with van der Waals surface area (Å²) in [6.45, 7) is 7.37. The van der Waals surface area contributed by atoms with Gasteiger partial charge in [0, 0.05) is 39.5 Å². The Labute approximate surface area is 132 Å². The van der Waals surface area contributed by atoms with Gasteiger partial charge in [0.25, 0.3) is 0 Å². The van der Waals surface area contributed by atoms with E-state index in [1.54, 1.807) is 19.3 Å². The van der Waals surface area contributed by atoms with E-state index in [1.165, 1.54) is 0 Å². The molecule has 0 atom stereocenters. The van der Waals surface area contributed by atoms with Crippen LogP contribution in [-0.4, -0.2) is 37.7 Å². The van der Waals surface area contributed by atoms with Gasteiger partial charge in [-0.25, -0.2) is 4.98 Å². The molecule has 0 radical (unpaired) electrons. The molecule has 6 heteroatoms. The second kappa shape index (κ2) is 10.4. The van der Waals surface area contributed by atoms with E-state index in [0.29, 0.717) is 17.6 Å². The third kappa shape index (κ3) is 8.52. The van der Waals surface area contributed by atoms with Crippen molar-refractivity contribution in [2.24, 2.45) is 10.9 Å². The molecule has 0 aromatic carbocycles. The molecule has 0 unspecified atom stereocenters. The fourth-order valence-corrected chi connectivity index (χ4v) is 1.73. The molecule has 0 bridgehead atoms. The molecule has 5 nitrogen and oxygen atoms in total. The lowest BCUT2D eigenvalue weighted by molar-refractivity contribution is 0.108. The van der Waals surface area contributed by atoms with Gasteiger partial charge >= 0.3 is 0 Å². The van der Waals surface area contributed by atoms with Crippen molar-refractivity contribution in [2.45, 2.75) is 26.8 Å². The Morgan fingerprint density at radius 3 is 2.81 bits per heavy atom. The molecule has 0 aliphatic heterocycles. The molecule has 0 amide bonds. The number of ether oxygens (including phenoxy) is 1. The molecule has 0 fully saturated rings. The summed E-state index contributed by atoms with van der Waals surface area (Å²) in [6, 6.07) is 3.72. The highest BCUT2D eigenvalue weighted by Gasteiger charge is 1.99. The first-order valence-electron chi connectivity index (χ1n) is 7.24. The highest BCUT2D eigenvalue weighted by molar-refractivity contribution is 6.29. The van der Waals surface area contributed by atoms with Crippen LogP contribution in [0, 0.1) is 5.92 Å². The molecule has 0 spiro atoms. The number of aliphatic imine (C=N–C) groups is 1. The smallest absolute Gasteiger partial charge is 0.191 e. The van der Waals surface area contributed by atoms with Crippen LogP contribution >= 0.6 is 11.6 Å². The number of pyridine rings is 1. The summed E-state index contributed by atoms with van der Waals surface area (Å²) in [4.78, 5) is 8.22. The lowest BCUT2D eigenvalue weighted by Crippen LogP contribution is -2.37. The van der Waals surface area contributed by atoms with Crippen LogP contribution in [0.3, 0.4) is 0 Å². The minimum absolute atomic E-state index is 0.502. The zero-order valence-corrected chi connectivity index (χ0v) is 13.8. The number of aromatic nitrogens is 1. The molecule has 0 saturated carbocycles. The van der Waals surface area contributed by atoms with Crippen molar-refractivity contribution in [3.05, 3.63) is 29.0 Å². The van der Waals surface area contributed by atoms with Crippen molar-refractivity contribution in [3.8, 4) is 0 Å². The Balaban J connectivity index is 2.16. The van der Waals surface area contributed by atoms with E-state index in [0.717, 1.165) is 37.7 Å². The maximum Gasteiger partial charge on any atom is 0.191 e. The Morgan fingerprint density at radius 1 is 1.38 bits per heavy atom. The van der Waals surface area contributed by atoms with E-state index in [-0.39, 0.29) is 0 Å². The molecule has 0 aliphatic rings. The lowest BCUT2D eigenvalue weighted by Gasteiger charge is -2.12. The van der Waals surface area contributed by atoms with E-state index < -0.39 is 0 Å². The molecule has 1 rings (SSSR count). The Morgan fingerprint density at radius 2 is 2.19 bits per heavy atom. The zero-order valence-electron chi connectivity index (χ0n) is 13.0. The van der Waals surface area contributed by atoms with Crippen LogP contribution in [0.25, 0.3) is 0 Å². The number of hydrogen-bond acceptors (Lipinski definition) is 3. The van der Waals surface area contributed by atoms with Gasteiger partial charge in [-0.1, -0.05) is 31.5 Å². The maximum absolute atomic E-state index is 5.75. The Bertz CT molecular complexity index is 420. The van der Waals surface area contributed by atoms with Gasteiger partial charge in [-0.2, -0.15) is 0 Å². The highest BCUT2D eigenvalue weighted by atomic mass is 35.5. The van der Waals surface area contributed by atoms with Crippen molar-refractivity contribution in [1.29, 1.82) is 0 Å². The van der Waals surface area contributed by atoms with Gasteiger partial charge in [-0.15, -0.1) is 0 Å². The normalized spacial score (nSPS) is 11.8. The minimum Gasteiger partial charge on any atom is -0.381 e. The first-order valence-corrected chi connectivity index (χ1v) is 7.62. The van der Waals surface area contributed by atoms with Crippen molar-refractivity contribution in [3.63, 3.8) is 0 Å². The van der Waals surface area contributed by atoms with Crippen LogP contribution < -0.4 is 10.6 Å². The van der Waals surface area contributed by atoms with Crippen LogP contribution in [-0.2, 0) is 11.3 Å². The van der Waals surface area contributed by atoms with Gasteiger partial charge in [-0.05, 0) is 24.0 Å². The molecule has 1 heterocycles. The molecule has 118 valence electrons. The topological polar surface area (TPSA) is 58.5 Å². The zero-order chi connectivity index (χ0) is 15.5. The minimum atomic E-state index is 0.502. The van der Waals surface area contributed by atoms with Crippen LogP contribution in [0.1, 0.15) is 25.8 Å². The van der Waals surface area contributed by atoms with Gasteiger partial charge < -0.3 is 15.4 Å². The molecule has 0 aliphatic carbocycles. The quantitative estimate of drug-likeness (QED) is 0.335. The lowest BCUT2D eigenvalue weighted by atomic mass is 10.2. The van der Waals surface area contributed by atoms with E-state index >= 15 is 0 Å². The number of halogens is 1. The average Bonchev–Trinajstić information content (AvgIpc) is 2.47. The average molecular weight is 313 g/mol. The summed E-state index contributed by atoms with van der Waals surface area (Å²) in [6.07, 6.45) is 2.71. The van der Waals surface area contributed by atoms with E-state index in [1.807, 2.05) is 6.07 Å². The summed E-state index contributed by atoms with van der Waals surface area (Å²) in [5.74, 6) is 1.36. The van der Waals surface area contributed by atoms with Crippen molar-refractivity contribution >= 4 is 17.6 Å². The number of rotatable bonds is 8. The standard InChI is InChI=1S/C15H25ClN4O/c1-12(2)11-21-8-4-7-18-15(17-3)20-10-13-5-6-14(16)19-9-13/h5-6,9,12H,4,7-8,10-11H2,1-3H3,(H2,17,18,20). The SMILES string of the molecule is CN=C(NCCCOCC(C)C)NCc1ccc(Cl)nc1. The summed E-state index contributed by atoms with van der Waals surface area (Å²) < 4.78 is 5.53. The fraction of sp³-hybridized carbons (Fsp3) is 0.600. The monoisotopic (exact) mass is 312 g/mol. The largest absolute Gasteiger partial charge is 0.381 e. The van der Waals surface area contributed by atoms with Crippen LogP contribution in [0.15, 0.2) is 23.3 Å². The van der Waals surface area contributed by atoms with Crippen molar-refractivity contribution in [2.75, 3.05) is 26.8 Å². The number of nitrogens with zero attached hydrogens (tertiary/aromatic N) is 2. The van der Waals surface area contributed by atoms with Crippen LogP contribution in [0.2, 0.25) is 5.15 Å². The predicted octanol–water partition coefficient (Wildman–Crippen LogP) is 2.46. The second-order valence-corrected chi connectivity index (χ2v) is 5.55. The Kier molecular flexibility index (Phi) is 8.78. The fourth-order valence-electron chi connectivity index (χ4n) is 1.62. The highest BCUT2D eigenvalue weighted by Crippen LogP contribution is 2.04. The molecule has 2 N–H and O–H groups in total. The first kappa shape index (κ1) is 17.7. The number of hydrogen-bond donors (Lipinski definition) is 2. The van der Waals surface area contributed by atoms with Gasteiger partial charge in [-0.3, -0.25) is 4.99 Å². The number of nitrogens with one attached hydrogen (secondary N) is 2. The molecular formula is C15H25ClN4O. The maximum atomic E-state index is 5.75. The van der Waals surface area contributed by atoms with Gasteiger partial charge in [0.1, 0.15) is 5.15 Å². The van der Waals surface area contributed by atoms with Gasteiger partial charge in [0.05, 0.1) is 0 Å². The van der Waals surface area contributed by atoms with Crippen LogP contribution in [0.5, 0.6) is 0 Å². The van der Waals surface area contributed by atoms with Gasteiger partial charge in [0.2, 0.25) is 0 Å². The number of guanidine groups is 1. The van der Waals surface area contributed by atoms with Crippen LogP contribution in [0.4, 0.5) is 0 Å².